The molecule has 0 unspecified atom stereocenters. The van der Waals surface area contributed by atoms with Crippen molar-refractivity contribution in [1.82, 2.24) is 9.62 Å². The first-order valence-corrected chi connectivity index (χ1v) is 11.9. The van der Waals surface area contributed by atoms with E-state index in [1.165, 1.54) is 0 Å². The molecule has 3 rings (SSSR count). The number of nitrogens with zero attached hydrogens (tertiary/aromatic N) is 1. The molecule has 1 amide bonds. The minimum atomic E-state index is -3.17. The van der Waals surface area contributed by atoms with E-state index in [1.807, 2.05) is 24.3 Å². The van der Waals surface area contributed by atoms with E-state index < -0.39 is 15.6 Å². The van der Waals surface area contributed by atoms with Gasteiger partial charge in [-0.15, -0.1) is 0 Å². The molecule has 156 valence electrons. The highest BCUT2D eigenvalue weighted by Crippen LogP contribution is 2.46. The Morgan fingerprint density at radius 1 is 1.29 bits per heavy atom. The van der Waals surface area contributed by atoms with Crippen LogP contribution in [-0.4, -0.2) is 49.6 Å². The molecule has 0 radical (unpaired) electrons. The van der Waals surface area contributed by atoms with Gasteiger partial charge in [-0.1, -0.05) is 32.0 Å². The van der Waals surface area contributed by atoms with Crippen LogP contribution in [0.1, 0.15) is 57.9 Å². The van der Waals surface area contributed by atoms with Crippen molar-refractivity contribution in [2.24, 2.45) is 5.92 Å². The first kappa shape index (κ1) is 21.1. The van der Waals surface area contributed by atoms with Crippen molar-refractivity contribution in [3.05, 3.63) is 29.8 Å². The van der Waals surface area contributed by atoms with Crippen LogP contribution in [0.25, 0.3) is 0 Å². The number of para-hydroxylation sites is 1. The quantitative estimate of drug-likeness (QED) is 0.785. The van der Waals surface area contributed by atoms with Gasteiger partial charge in [-0.2, -0.15) is 0 Å². The standard InChI is InChI=1S/C21H32N2O4S/c1-4-28(25,26)23-11-9-21(10-12-23)14-17(13-20(24)22-15-16(2)3)18-7-5-6-8-19(18)27-21/h5-8,16-17H,4,9-15H2,1-3H3,(H,22,24)/t17-/m0/s1. The molecule has 1 aromatic carbocycles. The molecule has 1 aromatic rings. The average Bonchev–Trinajstić information content (AvgIpc) is 2.66. The molecule has 0 bridgehead atoms. The zero-order valence-electron chi connectivity index (χ0n) is 17.1. The van der Waals surface area contributed by atoms with Crippen molar-refractivity contribution in [2.45, 2.75) is 58.0 Å². The Bertz CT molecular complexity index is 798. The molecule has 7 heteroatoms. The Morgan fingerprint density at radius 3 is 2.61 bits per heavy atom. The SMILES string of the molecule is CCS(=O)(=O)N1CCC2(CC1)C[C@H](CC(=O)NCC(C)C)c1ccccc1O2. The molecule has 0 saturated carbocycles. The fourth-order valence-corrected chi connectivity index (χ4v) is 5.31. The lowest BCUT2D eigenvalue weighted by molar-refractivity contribution is -0.122. The molecular formula is C21H32N2O4S. The number of hydrogen-bond donors (Lipinski definition) is 1. The van der Waals surface area contributed by atoms with E-state index in [4.69, 9.17) is 4.74 Å². The van der Waals surface area contributed by atoms with Gasteiger partial charge in [0.05, 0.1) is 5.75 Å². The lowest BCUT2D eigenvalue weighted by Gasteiger charge is -2.46. The van der Waals surface area contributed by atoms with Crippen LogP contribution in [0.4, 0.5) is 0 Å². The molecule has 2 aliphatic heterocycles. The number of amides is 1. The topological polar surface area (TPSA) is 75.7 Å². The molecule has 2 heterocycles. The summed E-state index contributed by atoms with van der Waals surface area (Å²) in [4.78, 5) is 12.5. The molecule has 1 fully saturated rings. The number of sulfonamides is 1. The number of fused-ring (bicyclic) bond motifs is 1. The maximum atomic E-state index is 12.5. The van der Waals surface area contributed by atoms with Gasteiger partial charge in [0.25, 0.3) is 0 Å². The second kappa shape index (κ2) is 8.41. The zero-order chi connectivity index (χ0) is 20.4. The highest BCUT2D eigenvalue weighted by atomic mass is 32.2. The molecule has 6 nitrogen and oxygen atoms in total. The Balaban J connectivity index is 1.75. The summed E-state index contributed by atoms with van der Waals surface area (Å²) in [5.41, 5.74) is 0.688. The summed E-state index contributed by atoms with van der Waals surface area (Å²) in [5.74, 6) is 1.54. The molecule has 1 spiro atoms. The Kier molecular flexibility index (Phi) is 6.34. The van der Waals surface area contributed by atoms with E-state index in [2.05, 4.69) is 19.2 Å². The van der Waals surface area contributed by atoms with E-state index >= 15 is 0 Å². The molecule has 2 aliphatic rings. The van der Waals surface area contributed by atoms with Crippen molar-refractivity contribution in [2.75, 3.05) is 25.4 Å². The first-order chi connectivity index (χ1) is 13.2. The molecule has 28 heavy (non-hydrogen) atoms. The van der Waals surface area contributed by atoms with Crippen molar-refractivity contribution < 1.29 is 17.9 Å². The van der Waals surface area contributed by atoms with Crippen LogP contribution in [0.2, 0.25) is 0 Å². The number of ether oxygens (including phenoxy) is 1. The lowest BCUT2D eigenvalue weighted by atomic mass is 9.76. The first-order valence-electron chi connectivity index (χ1n) is 10.3. The minimum Gasteiger partial charge on any atom is -0.487 e. The van der Waals surface area contributed by atoms with E-state index in [9.17, 15) is 13.2 Å². The van der Waals surface area contributed by atoms with Crippen LogP contribution in [0.15, 0.2) is 24.3 Å². The van der Waals surface area contributed by atoms with Crippen molar-refractivity contribution in [1.29, 1.82) is 0 Å². The van der Waals surface area contributed by atoms with Gasteiger partial charge in [0.15, 0.2) is 0 Å². The van der Waals surface area contributed by atoms with Crippen molar-refractivity contribution in [3.8, 4) is 5.75 Å². The van der Waals surface area contributed by atoms with E-state index in [0.29, 0.717) is 44.8 Å². The predicted octanol–water partition coefficient (Wildman–Crippen LogP) is 2.90. The van der Waals surface area contributed by atoms with Gasteiger partial charge in [-0.25, -0.2) is 12.7 Å². The number of nitrogens with one attached hydrogen (secondary N) is 1. The van der Waals surface area contributed by atoms with Gasteiger partial charge < -0.3 is 10.1 Å². The summed E-state index contributed by atoms with van der Waals surface area (Å²) in [7, 11) is -3.17. The second-order valence-electron chi connectivity index (χ2n) is 8.43. The van der Waals surface area contributed by atoms with Crippen LogP contribution < -0.4 is 10.1 Å². The monoisotopic (exact) mass is 408 g/mol. The van der Waals surface area contributed by atoms with Crippen molar-refractivity contribution >= 4 is 15.9 Å². The predicted molar refractivity (Wildman–Crippen MR) is 110 cm³/mol. The molecule has 0 aliphatic carbocycles. The number of hydrogen-bond acceptors (Lipinski definition) is 4. The third-order valence-corrected chi connectivity index (χ3v) is 7.72. The lowest BCUT2D eigenvalue weighted by Crippen LogP contribution is -2.52. The van der Waals surface area contributed by atoms with E-state index in [-0.39, 0.29) is 17.6 Å². The zero-order valence-corrected chi connectivity index (χ0v) is 17.9. The van der Waals surface area contributed by atoms with Crippen LogP contribution >= 0.6 is 0 Å². The van der Waals surface area contributed by atoms with Crippen LogP contribution in [0.5, 0.6) is 5.75 Å². The minimum absolute atomic E-state index is 0.0662. The number of carbonyl (C=O) groups excluding carboxylic acids is 1. The largest absolute Gasteiger partial charge is 0.487 e. The van der Waals surface area contributed by atoms with Crippen molar-refractivity contribution in [3.63, 3.8) is 0 Å². The fourth-order valence-electron chi connectivity index (χ4n) is 4.20. The van der Waals surface area contributed by atoms with Gasteiger partial charge in [-0.3, -0.25) is 4.79 Å². The summed E-state index contributed by atoms with van der Waals surface area (Å²) in [6.45, 7) is 7.47. The Hall–Kier alpha value is -1.60. The van der Waals surface area contributed by atoms with E-state index in [1.54, 1.807) is 11.2 Å². The van der Waals surface area contributed by atoms with Gasteiger partial charge >= 0.3 is 0 Å². The molecular weight excluding hydrogens is 376 g/mol. The normalized spacial score (nSPS) is 21.9. The summed E-state index contributed by atoms with van der Waals surface area (Å²) >= 11 is 0. The van der Waals surface area contributed by atoms with Crippen LogP contribution in [0.3, 0.4) is 0 Å². The third kappa shape index (κ3) is 4.69. The van der Waals surface area contributed by atoms with E-state index in [0.717, 1.165) is 17.7 Å². The maximum Gasteiger partial charge on any atom is 0.220 e. The summed E-state index contributed by atoms with van der Waals surface area (Å²) < 4.78 is 32.4. The maximum absolute atomic E-state index is 12.5. The molecule has 0 aromatic heterocycles. The summed E-state index contributed by atoms with van der Waals surface area (Å²) in [6, 6.07) is 7.93. The number of carbonyl (C=O) groups is 1. The van der Waals surface area contributed by atoms with Gasteiger partial charge in [0, 0.05) is 44.8 Å². The smallest absolute Gasteiger partial charge is 0.220 e. The van der Waals surface area contributed by atoms with Gasteiger partial charge in [-0.05, 0) is 30.9 Å². The summed E-state index contributed by atoms with van der Waals surface area (Å²) in [6.07, 6.45) is 2.50. The Morgan fingerprint density at radius 2 is 1.96 bits per heavy atom. The Labute approximate surface area is 168 Å². The second-order valence-corrected chi connectivity index (χ2v) is 10.7. The van der Waals surface area contributed by atoms with Crippen LogP contribution in [-0.2, 0) is 14.8 Å². The molecule has 1 atom stereocenters. The fraction of sp³-hybridized carbons (Fsp3) is 0.667. The number of benzene rings is 1. The van der Waals surface area contributed by atoms with Crippen LogP contribution in [0, 0.1) is 5.92 Å². The number of rotatable bonds is 6. The highest BCUT2D eigenvalue weighted by Gasteiger charge is 2.45. The number of piperidine rings is 1. The van der Waals surface area contributed by atoms with Gasteiger partial charge in [0.2, 0.25) is 15.9 Å². The summed E-state index contributed by atoms with van der Waals surface area (Å²) in [5, 5.41) is 3.02. The highest BCUT2D eigenvalue weighted by molar-refractivity contribution is 7.89. The average molecular weight is 409 g/mol. The van der Waals surface area contributed by atoms with Gasteiger partial charge in [0.1, 0.15) is 11.4 Å². The third-order valence-electron chi connectivity index (χ3n) is 5.83. The molecule has 1 N–H and O–H groups in total. The molecule has 1 saturated heterocycles.